The summed E-state index contributed by atoms with van der Waals surface area (Å²) in [4.78, 5) is 10.0. The van der Waals surface area contributed by atoms with Crippen LogP contribution in [0.3, 0.4) is 0 Å². The van der Waals surface area contributed by atoms with E-state index in [2.05, 4.69) is 14.7 Å². The van der Waals surface area contributed by atoms with Crippen LogP contribution < -0.4 is 4.72 Å². The molecule has 28 heavy (non-hydrogen) atoms. The molecule has 0 amide bonds. The van der Waals surface area contributed by atoms with E-state index >= 15 is 0 Å². The predicted molar refractivity (Wildman–Crippen MR) is 114 cm³/mol. The lowest BCUT2D eigenvalue weighted by atomic mass is 10.1. The Kier molecular flexibility index (Phi) is 4.87. The molecular formula is C21H19N3O2S2. The molecular weight excluding hydrogens is 390 g/mol. The molecule has 1 N–H and O–H groups in total. The Labute approximate surface area is 168 Å². The molecule has 4 rings (SSSR count). The topological polar surface area (TPSA) is 72.0 Å². The van der Waals surface area contributed by atoms with Gasteiger partial charge in [-0.1, -0.05) is 42.5 Å². The highest BCUT2D eigenvalue weighted by molar-refractivity contribution is 7.92. The second-order valence-electron chi connectivity index (χ2n) is 6.48. The van der Waals surface area contributed by atoms with Gasteiger partial charge in [-0.25, -0.2) is 18.4 Å². The monoisotopic (exact) mass is 409 g/mol. The van der Waals surface area contributed by atoms with Crippen LogP contribution in [0.25, 0.3) is 20.9 Å². The van der Waals surface area contributed by atoms with E-state index < -0.39 is 10.0 Å². The average molecular weight is 410 g/mol. The largest absolute Gasteiger partial charge is 0.279 e. The molecule has 0 aliphatic heterocycles. The third-order valence-electron chi connectivity index (χ3n) is 4.54. The molecule has 0 saturated carbocycles. The Bertz CT molecular complexity index is 1210. The van der Waals surface area contributed by atoms with Gasteiger partial charge in [0.15, 0.2) is 0 Å². The van der Waals surface area contributed by atoms with E-state index in [0.717, 1.165) is 38.5 Å². The lowest BCUT2D eigenvalue weighted by molar-refractivity contribution is 0.601. The fourth-order valence-corrected chi connectivity index (χ4v) is 4.89. The zero-order chi connectivity index (χ0) is 19.7. The number of rotatable bonds is 5. The van der Waals surface area contributed by atoms with Crippen LogP contribution in [0, 0.1) is 6.92 Å². The van der Waals surface area contributed by atoms with Crippen molar-refractivity contribution in [2.75, 3.05) is 4.72 Å². The molecule has 2 aromatic carbocycles. The first-order valence-electron chi connectivity index (χ1n) is 8.90. The molecule has 0 unspecified atom stereocenters. The molecule has 0 spiro atoms. The van der Waals surface area contributed by atoms with Crippen LogP contribution in [0.5, 0.6) is 0 Å². The van der Waals surface area contributed by atoms with Gasteiger partial charge in [0.2, 0.25) is 0 Å². The number of nitrogens with zero attached hydrogens (tertiary/aromatic N) is 2. The number of aryl methyl sites for hydroxylation is 2. The highest BCUT2D eigenvalue weighted by Crippen LogP contribution is 2.32. The maximum absolute atomic E-state index is 12.8. The lowest BCUT2D eigenvalue weighted by Gasteiger charge is -2.12. The van der Waals surface area contributed by atoms with Gasteiger partial charge in [-0.15, -0.1) is 0 Å². The van der Waals surface area contributed by atoms with Crippen LogP contribution in [-0.4, -0.2) is 18.4 Å². The van der Waals surface area contributed by atoms with Crippen molar-refractivity contribution in [1.29, 1.82) is 0 Å². The molecule has 7 heteroatoms. The molecule has 2 aromatic heterocycles. The summed E-state index contributed by atoms with van der Waals surface area (Å²) in [6.07, 6.45) is 2.61. The van der Waals surface area contributed by atoms with E-state index in [9.17, 15) is 8.42 Å². The minimum Gasteiger partial charge on any atom is -0.279 e. The Morgan fingerprint density at radius 2 is 1.86 bits per heavy atom. The number of hydrogen-bond acceptors (Lipinski definition) is 5. The van der Waals surface area contributed by atoms with Crippen LogP contribution in [0.2, 0.25) is 0 Å². The molecule has 0 aliphatic rings. The Morgan fingerprint density at radius 3 is 2.57 bits per heavy atom. The molecule has 5 nitrogen and oxygen atoms in total. The van der Waals surface area contributed by atoms with Gasteiger partial charge in [0.05, 0.1) is 10.6 Å². The average Bonchev–Trinajstić information content (AvgIpc) is 3.14. The van der Waals surface area contributed by atoms with E-state index in [1.807, 2.05) is 56.3 Å². The second kappa shape index (κ2) is 7.33. The van der Waals surface area contributed by atoms with E-state index in [-0.39, 0.29) is 4.90 Å². The number of thiazole rings is 1. The summed E-state index contributed by atoms with van der Waals surface area (Å²) in [5.41, 5.74) is 4.18. The van der Waals surface area contributed by atoms with Gasteiger partial charge < -0.3 is 0 Å². The van der Waals surface area contributed by atoms with Gasteiger partial charge in [0, 0.05) is 11.8 Å². The number of pyridine rings is 1. The molecule has 2 heterocycles. The van der Waals surface area contributed by atoms with Crippen molar-refractivity contribution in [2.45, 2.75) is 25.2 Å². The zero-order valence-corrected chi connectivity index (χ0v) is 17.1. The normalized spacial score (nSPS) is 11.6. The van der Waals surface area contributed by atoms with Crippen molar-refractivity contribution in [3.05, 3.63) is 71.9 Å². The number of hydrogen-bond donors (Lipinski definition) is 1. The SMILES string of the molecule is CCc1ccc(S(=O)(=O)Nc2cc(-c3nc4cccnc4s3)ccc2C)cc1. The molecule has 0 aliphatic carbocycles. The van der Waals surface area contributed by atoms with E-state index in [1.54, 1.807) is 18.3 Å². The number of fused-ring (bicyclic) bond motifs is 1. The number of anilines is 1. The summed E-state index contributed by atoms with van der Waals surface area (Å²) < 4.78 is 28.3. The fraction of sp³-hybridized carbons (Fsp3) is 0.143. The standard InChI is InChI=1S/C21H19N3O2S2/c1-3-15-7-10-17(11-8-15)28(25,26)24-19-13-16(9-6-14(19)2)20-23-18-5-4-12-22-21(18)27-20/h4-13,24H,3H2,1-2H3. The van der Waals surface area contributed by atoms with Crippen LogP contribution in [0.15, 0.2) is 65.7 Å². The third kappa shape index (κ3) is 3.63. The molecule has 0 fully saturated rings. The van der Waals surface area contributed by atoms with E-state index in [4.69, 9.17) is 0 Å². The number of nitrogens with one attached hydrogen (secondary N) is 1. The molecule has 0 atom stereocenters. The Balaban J connectivity index is 1.68. The van der Waals surface area contributed by atoms with Gasteiger partial charge in [-0.05, 0) is 54.8 Å². The number of sulfonamides is 1. The van der Waals surface area contributed by atoms with Gasteiger partial charge in [-0.3, -0.25) is 4.72 Å². The molecule has 0 bridgehead atoms. The molecule has 142 valence electrons. The first-order chi connectivity index (χ1) is 13.5. The summed E-state index contributed by atoms with van der Waals surface area (Å²) in [6.45, 7) is 3.91. The highest BCUT2D eigenvalue weighted by Gasteiger charge is 2.16. The maximum Gasteiger partial charge on any atom is 0.261 e. The van der Waals surface area contributed by atoms with Gasteiger partial charge in [0.1, 0.15) is 15.4 Å². The highest BCUT2D eigenvalue weighted by atomic mass is 32.2. The van der Waals surface area contributed by atoms with Crippen LogP contribution in [-0.2, 0) is 16.4 Å². The molecule has 0 radical (unpaired) electrons. The predicted octanol–water partition coefficient (Wildman–Crippen LogP) is 5.03. The maximum atomic E-state index is 12.8. The fourth-order valence-electron chi connectivity index (χ4n) is 2.87. The number of aromatic nitrogens is 2. The lowest BCUT2D eigenvalue weighted by Crippen LogP contribution is -2.13. The van der Waals surface area contributed by atoms with Crippen molar-refractivity contribution >= 4 is 37.4 Å². The zero-order valence-electron chi connectivity index (χ0n) is 15.5. The van der Waals surface area contributed by atoms with Crippen molar-refractivity contribution < 1.29 is 8.42 Å². The first-order valence-corrected chi connectivity index (χ1v) is 11.2. The Hall–Kier alpha value is -2.77. The van der Waals surface area contributed by atoms with Gasteiger partial charge in [0.25, 0.3) is 10.0 Å². The van der Waals surface area contributed by atoms with Crippen molar-refractivity contribution in [1.82, 2.24) is 9.97 Å². The molecule has 4 aromatic rings. The minimum absolute atomic E-state index is 0.249. The van der Waals surface area contributed by atoms with Crippen molar-refractivity contribution in [2.24, 2.45) is 0 Å². The summed E-state index contributed by atoms with van der Waals surface area (Å²) >= 11 is 1.48. The first kappa shape index (κ1) is 18.6. The summed E-state index contributed by atoms with van der Waals surface area (Å²) in [6, 6.07) is 16.4. The van der Waals surface area contributed by atoms with Gasteiger partial charge in [-0.2, -0.15) is 0 Å². The van der Waals surface area contributed by atoms with Crippen molar-refractivity contribution in [3.63, 3.8) is 0 Å². The molecule has 0 saturated heterocycles. The van der Waals surface area contributed by atoms with Crippen LogP contribution >= 0.6 is 11.3 Å². The Morgan fingerprint density at radius 1 is 1.07 bits per heavy atom. The summed E-state index contributed by atoms with van der Waals surface area (Å²) in [7, 11) is -3.66. The minimum atomic E-state index is -3.66. The number of benzene rings is 2. The quantitative estimate of drug-likeness (QED) is 0.502. The smallest absolute Gasteiger partial charge is 0.261 e. The van der Waals surface area contributed by atoms with Crippen LogP contribution in [0.4, 0.5) is 5.69 Å². The van der Waals surface area contributed by atoms with E-state index in [0.29, 0.717) is 5.69 Å². The third-order valence-corrected chi connectivity index (χ3v) is 6.95. The van der Waals surface area contributed by atoms with Gasteiger partial charge >= 0.3 is 0 Å². The van der Waals surface area contributed by atoms with Crippen LogP contribution in [0.1, 0.15) is 18.1 Å². The van der Waals surface area contributed by atoms with E-state index in [1.165, 1.54) is 11.3 Å². The van der Waals surface area contributed by atoms with Crippen molar-refractivity contribution in [3.8, 4) is 10.6 Å². The second-order valence-corrected chi connectivity index (χ2v) is 9.14. The summed E-state index contributed by atoms with van der Waals surface area (Å²) in [5, 5.41) is 0.807. The summed E-state index contributed by atoms with van der Waals surface area (Å²) in [5.74, 6) is 0.